The molecular weight excluding hydrogens is 140 g/mol. The van der Waals surface area contributed by atoms with E-state index in [1.807, 2.05) is 30.3 Å². The molecule has 0 atom stereocenters. The van der Waals surface area contributed by atoms with E-state index in [4.69, 9.17) is 0 Å². The Morgan fingerprint density at radius 1 is 1.18 bits per heavy atom. The summed E-state index contributed by atoms with van der Waals surface area (Å²) in [6.07, 6.45) is 2.50. The van der Waals surface area contributed by atoms with Gasteiger partial charge in [-0.3, -0.25) is 0 Å². The van der Waals surface area contributed by atoms with Crippen LogP contribution < -0.4 is 0 Å². The van der Waals surface area contributed by atoms with Crippen LogP contribution >= 0.6 is 0 Å². The molecule has 0 N–H and O–H groups in total. The smallest absolute Gasteiger partial charge is 0.242 e. The van der Waals surface area contributed by atoms with Crippen LogP contribution in [0.3, 0.4) is 0 Å². The van der Waals surface area contributed by atoms with E-state index in [9.17, 15) is 9.90 Å². The van der Waals surface area contributed by atoms with E-state index < -0.39 is 5.97 Å². The molecule has 55 valence electrons. The summed E-state index contributed by atoms with van der Waals surface area (Å²) in [5.74, 6) is -1.17. The van der Waals surface area contributed by atoms with Crippen LogP contribution in [0.1, 0.15) is 5.56 Å². The Morgan fingerprint density at radius 2 is 1.82 bits per heavy atom. The minimum Gasteiger partial charge on any atom is -0.242 e. The molecule has 0 saturated heterocycles. The van der Waals surface area contributed by atoms with Crippen molar-refractivity contribution in [3.05, 3.63) is 42.0 Å². The zero-order chi connectivity index (χ0) is 8.10. The number of hydrogen-bond donors (Lipinski definition) is 0. The van der Waals surface area contributed by atoms with Crippen molar-refractivity contribution in [2.45, 2.75) is 0 Å². The molecule has 0 saturated carbocycles. The van der Waals surface area contributed by atoms with Gasteiger partial charge < -0.3 is 0 Å². The van der Waals surface area contributed by atoms with Gasteiger partial charge in [0.05, 0.1) is 0 Å². The monoisotopic (exact) mass is 147 g/mol. The number of benzene rings is 1. The zero-order valence-corrected chi connectivity index (χ0v) is 5.86. The first-order valence-electron chi connectivity index (χ1n) is 3.23. The van der Waals surface area contributed by atoms with Crippen molar-refractivity contribution < 1.29 is 9.90 Å². The maximum atomic E-state index is 9.97. The predicted molar refractivity (Wildman–Crippen MR) is 41.2 cm³/mol. The van der Waals surface area contributed by atoms with E-state index in [0.717, 1.165) is 11.6 Å². The van der Waals surface area contributed by atoms with Gasteiger partial charge in [-0.25, -0.2) is 9.90 Å². The van der Waals surface area contributed by atoms with E-state index in [0.29, 0.717) is 0 Å². The average molecular weight is 147 g/mol. The highest BCUT2D eigenvalue weighted by Crippen LogP contribution is 1.99. The second-order valence-electron chi connectivity index (χ2n) is 2.06. The van der Waals surface area contributed by atoms with Crippen LogP contribution in [0.25, 0.3) is 6.08 Å². The van der Waals surface area contributed by atoms with Gasteiger partial charge >= 0.3 is 5.97 Å². The largest absolute Gasteiger partial charge is 0.379 e. The molecule has 0 spiro atoms. The van der Waals surface area contributed by atoms with E-state index >= 15 is 0 Å². The normalized spacial score (nSPS) is 10.2. The van der Waals surface area contributed by atoms with Crippen LogP contribution in [0.2, 0.25) is 0 Å². The van der Waals surface area contributed by atoms with Crippen molar-refractivity contribution in [1.82, 2.24) is 0 Å². The lowest BCUT2D eigenvalue weighted by Gasteiger charge is -1.87. The van der Waals surface area contributed by atoms with Crippen molar-refractivity contribution in [3.8, 4) is 0 Å². The quantitative estimate of drug-likeness (QED) is 0.586. The lowest BCUT2D eigenvalue weighted by molar-refractivity contribution is -0.137. The van der Waals surface area contributed by atoms with Gasteiger partial charge in [-0.1, -0.05) is 30.3 Å². The molecule has 2 heteroatoms. The van der Waals surface area contributed by atoms with Gasteiger partial charge in [-0.05, 0) is 11.6 Å². The van der Waals surface area contributed by atoms with Crippen molar-refractivity contribution in [2.75, 3.05) is 0 Å². The number of carbonyl (C=O) groups is 1. The van der Waals surface area contributed by atoms with Crippen molar-refractivity contribution in [3.63, 3.8) is 0 Å². The van der Waals surface area contributed by atoms with Crippen LogP contribution in [0, 0.1) is 0 Å². The molecule has 1 radical (unpaired) electrons. The molecule has 0 bridgehead atoms. The fourth-order valence-electron chi connectivity index (χ4n) is 0.728. The SMILES string of the molecule is [O]C(=O)/C=C/c1ccccc1. The standard InChI is InChI=1S/C9H7O2/c10-9(11)7-6-8-4-2-1-3-5-8/h1-7H/b7-6+. The van der Waals surface area contributed by atoms with Crippen molar-refractivity contribution in [2.24, 2.45) is 0 Å². The lowest BCUT2D eigenvalue weighted by Crippen LogP contribution is -1.82. The topological polar surface area (TPSA) is 37.0 Å². The molecule has 0 unspecified atom stereocenters. The maximum absolute atomic E-state index is 9.97. The number of rotatable bonds is 2. The zero-order valence-electron chi connectivity index (χ0n) is 5.86. The summed E-state index contributed by atoms with van der Waals surface area (Å²) >= 11 is 0. The highest BCUT2D eigenvalue weighted by atomic mass is 16.4. The minimum atomic E-state index is -1.17. The molecule has 0 fully saturated rings. The summed E-state index contributed by atoms with van der Waals surface area (Å²) in [6, 6.07) is 9.19. The van der Waals surface area contributed by atoms with E-state index in [1.54, 1.807) is 0 Å². The molecule has 1 aromatic carbocycles. The lowest BCUT2D eigenvalue weighted by atomic mass is 10.2. The van der Waals surface area contributed by atoms with E-state index in [-0.39, 0.29) is 0 Å². The van der Waals surface area contributed by atoms with Crippen LogP contribution in [-0.2, 0) is 9.90 Å². The first-order valence-corrected chi connectivity index (χ1v) is 3.23. The van der Waals surface area contributed by atoms with Crippen LogP contribution in [0.5, 0.6) is 0 Å². The Bertz CT molecular complexity index is 262. The van der Waals surface area contributed by atoms with Gasteiger partial charge in [0.1, 0.15) is 0 Å². The molecule has 0 aliphatic heterocycles. The van der Waals surface area contributed by atoms with Crippen molar-refractivity contribution in [1.29, 1.82) is 0 Å². The van der Waals surface area contributed by atoms with Crippen LogP contribution in [-0.4, -0.2) is 5.97 Å². The fourth-order valence-corrected chi connectivity index (χ4v) is 0.728. The Morgan fingerprint density at radius 3 is 2.36 bits per heavy atom. The molecule has 0 aliphatic carbocycles. The summed E-state index contributed by atoms with van der Waals surface area (Å²) in [6.45, 7) is 0. The molecular formula is C9H7O2. The molecule has 2 nitrogen and oxygen atoms in total. The molecule has 1 rings (SSSR count). The minimum absolute atomic E-state index is 0.858. The third-order valence-electron chi connectivity index (χ3n) is 1.21. The Labute approximate surface area is 64.8 Å². The summed E-state index contributed by atoms with van der Waals surface area (Å²) in [4.78, 5) is 9.97. The van der Waals surface area contributed by atoms with Gasteiger partial charge in [-0.2, -0.15) is 0 Å². The van der Waals surface area contributed by atoms with E-state index in [1.165, 1.54) is 6.08 Å². The van der Waals surface area contributed by atoms with Gasteiger partial charge in [-0.15, -0.1) is 0 Å². The summed E-state index contributed by atoms with van der Waals surface area (Å²) in [7, 11) is 0. The van der Waals surface area contributed by atoms with Gasteiger partial charge in [0.2, 0.25) is 0 Å². The summed E-state index contributed by atoms with van der Waals surface area (Å²) in [5.41, 5.74) is 0.858. The van der Waals surface area contributed by atoms with Crippen LogP contribution in [0.4, 0.5) is 0 Å². The predicted octanol–water partition coefficient (Wildman–Crippen LogP) is 1.66. The van der Waals surface area contributed by atoms with Crippen LogP contribution in [0.15, 0.2) is 36.4 Å². The molecule has 11 heavy (non-hydrogen) atoms. The van der Waals surface area contributed by atoms with Gasteiger partial charge in [0.25, 0.3) is 0 Å². The molecule has 0 aromatic heterocycles. The third-order valence-corrected chi connectivity index (χ3v) is 1.21. The molecule has 1 aromatic rings. The second-order valence-corrected chi connectivity index (χ2v) is 2.06. The van der Waals surface area contributed by atoms with Crippen molar-refractivity contribution >= 4 is 12.0 Å². The Kier molecular flexibility index (Phi) is 2.44. The molecule has 0 aliphatic rings. The summed E-state index contributed by atoms with van der Waals surface area (Å²) in [5, 5.41) is 9.97. The number of carbonyl (C=O) groups excluding carboxylic acids is 1. The first kappa shape index (κ1) is 7.54. The number of hydrogen-bond acceptors (Lipinski definition) is 1. The average Bonchev–Trinajstić information content (AvgIpc) is 2.03. The summed E-state index contributed by atoms with van der Waals surface area (Å²) < 4.78 is 0. The highest BCUT2D eigenvalue weighted by molar-refractivity contribution is 5.84. The highest BCUT2D eigenvalue weighted by Gasteiger charge is 1.88. The molecule has 0 heterocycles. The van der Waals surface area contributed by atoms with E-state index in [2.05, 4.69) is 0 Å². The van der Waals surface area contributed by atoms with Gasteiger partial charge in [0.15, 0.2) is 0 Å². The Balaban J connectivity index is 2.72. The fraction of sp³-hybridized carbons (Fsp3) is 0. The Hall–Kier alpha value is -1.57. The molecule has 0 amide bonds. The maximum Gasteiger partial charge on any atom is 0.379 e. The second kappa shape index (κ2) is 3.56. The van der Waals surface area contributed by atoms with Gasteiger partial charge in [0, 0.05) is 6.08 Å². The third kappa shape index (κ3) is 2.67. The first-order chi connectivity index (χ1) is 5.29.